The predicted molar refractivity (Wildman–Crippen MR) is 109 cm³/mol. The van der Waals surface area contributed by atoms with E-state index < -0.39 is 11.7 Å². The van der Waals surface area contributed by atoms with Crippen LogP contribution in [-0.4, -0.2) is 49.9 Å². The molecular weight excluding hydrogens is 425 g/mol. The Morgan fingerprint density at radius 2 is 1.97 bits per heavy atom. The van der Waals surface area contributed by atoms with Crippen molar-refractivity contribution < 1.29 is 22.7 Å². The predicted octanol–water partition coefficient (Wildman–Crippen LogP) is 3.63. The molecule has 3 aromatic rings. The Morgan fingerprint density at radius 1 is 1.22 bits per heavy atom. The lowest BCUT2D eigenvalue weighted by Gasteiger charge is -2.41. The second kappa shape index (κ2) is 8.56. The van der Waals surface area contributed by atoms with Crippen molar-refractivity contribution in [3.05, 3.63) is 53.7 Å². The SMILES string of the molecule is Cc1cc(N2CCC[C@H](Oc3ccc(C(F)(F)F)cn3)[C@H]2C)c(-n2nccn2)c(C=O)n1. The molecule has 0 spiro atoms. The van der Waals surface area contributed by atoms with Gasteiger partial charge in [0, 0.05) is 24.5 Å². The lowest BCUT2D eigenvalue weighted by molar-refractivity contribution is -0.137. The monoisotopic (exact) mass is 446 g/mol. The van der Waals surface area contributed by atoms with Gasteiger partial charge in [-0.3, -0.25) is 4.79 Å². The molecule has 0 bridgehead atoms. The van der Waals surface area contributed by atoms with Crippen molar-refractivity contribution in [1.82, 2.24) is 25.0 Å². The first-order chi connectivity index (χ1) is 15.3. The van der Waals surface area contributed by atoms with Gasteiger partial charge in [0.1, 0.15) is 17.5 Å². The number of aldehydes is 1. The number of aromatic nitrogens is 5. The lowest BCUT2D eigenvalue weighted by Crippen LogP contribution is -2.49. The molecule has 2 atom stereocenters. The molecule has 0 aliphatic carbocycles. The Balaban J connectivity index is 1.63. The fourth-order valence-electron chi connectivity index (χ4n) is 3.89. The molecule has 8 nitrogen and oxygen atoms in total. The van der Waals surface area contributed by atoms with Gasteiger partial charge in [-0.05, 0) is 38.8 Å². The van der Waals surface area contributed by atoms with E-state index in [4.69, 9.17) is 4.74 Å². The highest BCUT2D eigenvalue weighted by Crippen LogP contribution is 2.34. The van der Waals surface area contributed by atoms with E-state index in [1.807, 2.05) is 13.0 Å². The summed E-state index contributed by atoms with van der Waals surface area (Å²) in [7, 11) is 0. The molecule has 0 amide bonds. The number of rotatable bonds is 5. The molecule has 4 rings (SSSR count). The van der Waals surface area contributed by atoms with Gasteiger partial charge in [-0.25, -0.2) is 9.97 Å². The third-order valence-electron chi connectivity index (χ3n) is 5.42. The van der Waals surface area contributed by atoms with Crippen LogP contribution in [0.15, 0.2) is 36.8 Å². The summed E-state index contributed by atoms with van der Waals surface area (Å²) in [5, 5.41) is 8.33. The van der Waals surface area contributed by atoms with Crippen molar-refractivity contribution in [2.75, 3.05) is 11.4 Å². The van der Waals surface area contributed by atoms with Crippen molar-refractivity contribution in [3.63, 3.8) is 0 Å². The van der Waals surface area contributed by atoms with Crippen LogP contribution < -0.4 is 9.64 Å². The molecular formula is C21H21F3N6O2. The number of halogens is 3. The van der Waals surface area contributed by atoms with Gasteiger partial charge in [0.05, 0.1) is 29.7 Å². The van der Waals surface area contributed by atoms with Gasteiger partial charge in [-0.2, -0.15) is 23.4 Å². The quantitative estimate of drug-likeness (QED) is 0.553. The lowest BCUT2D eigenvalue weighted by atomic mass is 9.98. The molecule has 168 valence electrons. The number of anilines is 1. The molecule has 1 aliphatic heterocycles. The molecule has 1 fully saturated rings. The molecule has 11 heteroatoms. The van der Waals surface area contributed by atoms with Gasteiger partial charge in [0.25, 0.3) is 0 Å². The number of carbonyl (C=O) groups is 1. The first kappa shape index (κ1) is 21.7. The highest BCUT2D eigenvalue weighted by atomic mass is 19.4. The molecule has 0 saturated carbocycles. The van der Waals surface area contributed by atoms with Crippen LogP contribution in [0, 0.1) is 6.92 Å². The molecule has 4 heterocycles. The summed E-state index contributed by atoms with van der Waals surface area (Å²) in [6, 6.07) is 3.89. The van der Waals surface area contributed by atoms with Gasteiger partial charge >= 0.3 is 6.18 Å². The van der Waals surface area contributed by atoms with Crippen LogP contribution >= 0.6 is 0 Å². The largest absolute Gasteiger partial charge is 0.472 e. The van der Waals surface area contributed by atoms with Crippen LogP contribution in [-0.2, 0) is 6.18 Å². The van der Waals surface area contributed by atoms with E-state index in [0.29, 0.717) is 30.6 Å². The van der Waals surface area contributed by atoms with Crippen LogP contribution in [0.2, 0.25) is 0 Å². The maximum absolute atomic E-state index is 12.8. The third-order valence-corrected chi connectivity index (χ3v) is 5.42. The number of carbonyl (C=O) groups excluding carboxylic acids is 1. The molecule has 0 unspecified atom stereocenters. The Bertz CT molecular complexity index is 1090. The van der Waals surface area contributed by atoms with Crippen molar-refractivity contribution in [2.45, 2.75) is 45.0 Å². The fourth-order valence-corrected chi connectivity index (χ4v) is 3.89. The highest BCUT2D eigenvalue weighted by Gasteiger charge is 2.34. The van der Waals surface area contributed by atoms with Crippen molar-refractivity contribution in [2.24, 2.45) is 0 Å². The van der Waals surface area contributed by atoms with Crippen LogP contribution in [0.3, 0.4) is 0 Å². The standard InChI is InChI=1S/C21H21F3N6O2/c1-13-10-17(20(16(12-31)28-13)30-26-7-8-27-30)29-9-3-4-18(14(29)2)32-19-6-5-15(11-25-19)21(22,23)24/h5-8,10-12,14,18H,3-4,9H2,1-2H3/t14-,18+/m1/s1. The minimum Gasteiger partial charge on any atom is -0.472 e. The van der Waals surface area contributed by atoms with E-state index in [9.17, 15) is 18.0 Å². The number of piperidine rings is 1. The summed E-state index contributed by atoms with van der Waals surface area (Å²) in [4.78, 5) is 23.3. The highest BCUT2D eigenvalue weighted by molar-refractivity contribution is 5.84. The average molecular weight is 446 g/mol. The van der Waals surface area contributed by atoms with E-state index in [1.54, 1.807) is 6.92 Å². The maximum Gasteiger partial charge on any atom is 0.417 e. The van der Waals surface area contributed by atoms with Crippen LogP contribution in [0.5, 0.6) is 5.88 Å². The Kier molecular flexibility index (Phi) is 5.81. The molecule has 0 aromatic carbocycles. The number of hydrogen-bond donors (Lipinski definition) is 0. The molecule has 0 N–H and O–H groups in total. The van der Waals surface area contributed by atoms with Crippen molar-refractivity contribution >= 4 is 12.0 Å². The minimum atomic E-state index is -4.45. The van der Waals surface area contributed by atoms with Crippen LogP contribution in [0.25, 0.3) is 5.69 Å². The number of nitrogens with zero attached hydrogens (tertiary/aromatic N) is 6. The van der Waals surface area contributed by atoms with E-state index in [0.717, 1.165) is 24.4 Å². The van der Waals surface area contributed by atoms with E-state index in [1.165, 1.54) is 23.3 Å². The van der Waals surface area contributed by atoms with E-state index >= 15 is 0 Å². The summed E-state index contributed by atoms with van der Waals surface area (Å²) in [6.45, 7) is 4.45. The van der Waals surface area contributed by atoms with Crippen molar-refractivity contribution in [1.29, 1.82) is 0 Å². The number of pyridine rings is 2. The van der Waals surface area contributed by atoms with Gasteiger partial charge in [-0.1, -0.05) is 0 Å². The average Bonchev–Trinajstić information content (AvgIpc) is 3.28. The Hall–Kier alpha value is -3.50. The number of alkyl halides is 3. The van der Waals surface area contributed by atoms with Gasteiger partial charge in [0.15, 0.2) is 6.29 Å². The minimum absolute atomic E-state index is 0.130. The Labute approximate surface area is 182 Å². The molecule has 32 heavy (non-hydrogen) atoms. The number of hydrogen-bond acceptors (Lipinski definition) is 7. The first-order valence-electron chi connectivity index (χ1n) is 10.1. The van der Waals surface area contributed by atoms with E-state index in [-0.39, 0.29) is 23.7 Å². The molecule has 0 radical (unpaired) electrons. The van der Waals surface area contributed by atoms with Gasteiger partial charge in [-0.15, -0.1) is 4.80 Å². The fraction of sp³-hybridized carbons (Fsp3) is 0.381. The summed E-state index contributed by atoms with van der Waals surface area (Å²) in [5.74, 6) is 0.130. The Morgan fingerprint density at radius 3 is 2.59 bits per heavy atom. The summed E-state index contributed by atoms with van der Waals surface area (Å²) < 4.78 is 44.4. The van der Waals surface area contributed by atoms with Gasteiger partial charge in [0.2, 0.25) is 5.88 Å². The smallest absolute Gasteiger partial charge is 0.417 e. The second-order valence-electron chi connectivity index (χ2n) is 7.57. The first-order valence-corrected chi connectivity index (χ1v) is 10.1. The number of ether oxygens (including phenoxy) is 1. The summed E-state index contributed by atoms with van der Waals surface area (Å²) in [6.07, 6.45) is 1.18. The summed E-state index contributed by atoms with van der Waals surface area (Å²) >= 11 is 0. The normalized spacial score (nSPS) is 19.1. The zero-order valence-electron chi connectivity index (χ0n) is 17.5. The van der Waals surface area contributed by atoms with Gasteiger partial charge < -0.3 is 9.64 Å². The molecule has 1 aliphatic rings. The molecule has 1 saturated heterocycles. The number of aryl methyl sites for hydroxylation is 1. The van der Waals surface area contributed by atoms with Crippen LogP contribution in [0.4, 0.5) is 18.9 Å². The second-order valence-corrected chi connectivity index (χ2v) is 7.57. The zero-order chi connectivity index (χ0) is 22.9. The summed E-state index contributed by atoms with van der Waals surface area (Å²) in [5.41, 5.74) is 1.26. The molecule has 3 aromatic heterocycles. The van der Waals surface area contributed by atoms with Crippen molar-refractivity contribution in [3.8, 4) is 11.6 Å². The topological polar surface area (TPSA) is 86.0 Å². The zero-order valence-corrected chi connectivity index (χ0v) is 17.5. The van der Waals surface area contributed by atoms with E-state index in [2.05, 4.69) is 25.1 Å². The van der Waals surface area contributed by atoms with Crippen LogP contribution in [0.1, 0.15) is 41.5 Å². The maximum atomic E-state index is 12.8. The third kappa shape index (κ3) is 4.27.